The number of hydrogen-bond acceptors (Lipinski definition) is 8. The van der Waals surface area contributed by atoms with Crippen LogP contribution in [-0.2, 0) is 14.3 Å². The van der Waals surface area contributed by atoms with Gasteiger partial charge in [-0.05, 0) is 24.5 Å². The zero-order valence-corrected chi connectivity index (χ0v) is 25.0. The molecule has 226 valence electrons. The molecule has 9 nitrogen and oxygen atoms in total. The van der Waals surface area contributed by atoms with Crippen LogP contribution >= 0.6 is 11.6 Å². The number of anilines is 2. The van der Waals surface area contributed by atoms with Crippen LogP contribution in [0.1, 0.15) is 33.1 Å². The maximum absolute atomic E-state index is 15.6. The third kappa shape index (κ3) is 7.72. The SMILES string of the molecule is COCCCOCC1CN(c2ccc(OC3CCN(c4cc(OC)ncc4Cl)CC3C)cc2F)[C@@H](CC(=O)O)[C@@H]1C. The molecule has 5 atom stereocenters. The molecule has 0 saturated carbocycles. The number of pyridine rings is 1. The number of aromatic nitrogens is 1. The Morgan fingerprint density at radius 1 is 1.17 bits per heavy atom. The second kappa shape index (κ2) is 14.4. The number of hydrogen-bond donors (Lipinski definition) is 1. The number of rotatable bonds is 13. The van der Waals surface area contributed by atoms with Crippen LogP contribution in [0.2, 0.25) is 5.02 Å². The first-order valence-corrected chi connectivity index (χ1v) is 14.5. The highest BCUT2D eigenvalue weighted by Crippen LogP contribution is 2.39. The number of piperidine rings is 1. The monoisotopic (exact) mass is 593 g/mol. The van der Waals surface area contributed by atoms with Crippen LogP contribution in [0.5, 0.6) is 11.6 Å². The summed E-state index contributed by atoms with van der Waals surface area (Å²) in [6.07, 6.45) is 2.96. The van der Waals surface area contributed by atoms with Gasteiger partial charge in [0.2, 0.25) is 5.88 Å². The Balaban J connectivity index is 1.40. The van der Waals surface area contributed by atoms with Crippen LogP contribution in [0, 0.1) is 23.6 Å². The molecule has 1 aromatic carbocycles. The minimum absolute atomic E-state index is 0.0313. The number of carboxylic acid groups (broad SMARTS) is 1. The molecule has 2 aliphatic heterocycles. The second-order valence-electron chi connectivity index (χ2n) is 11.0. The van der Waals surface area contributed by atoms with Crippen molar-refractivity contribution in [1.82, 2.24) is 4.98 Å². The number of nitrogens with zero attached hydrogens (tertiary/aromatic N) is 3. The molecule has 0 amide bonds. The normalized spacial score (nSPS) is 24.5. The van der Waals surface area contributed by atoms with Gasteiger partial charge in [0, 0.05) is 76.4 Å². The van der Waals surface area contributed by atoms with Gasteiger partial charge in [0.05, 0.1) is 42.7 Å². The molecule has 0 aliphatic carbocycles. The maximum Gasteiger partial charge on any atom is 0.305 e. The van der Waals surface area contributed by atoms with E-state index in [2.05, 4.69) is 16.8 Å². The molecule has 3 unspecified atom stereocenters. The lowest BCUT2D eigenvalue weighted by molar-refractivity contribution is -0.137. The number of carbonyl (C=O) groups is 1. The van der Waals surface area contributed by atoms with E-state index in [-0.39, 0.29) is 36.3 Å². The highest BCUT2D eigenvalue weighted by molar-refractivity contribution is 6.33. The van der Waals surface area contributed by atoms with Crippen molar-refractivity contribution in [2.24, 2.45) is 17.8 Å². The molecule has 0 radical (unpaired) electrons. The van der Waals surface area contributed by atoms with Crippen molar-refractivity contribution in [2.45, 2.75) is 45.3 Å². The second-order valence-corrected chi connectivity index (χ2v) is 11.4. The number of carboxylic acids is 1. The minimum atomic E-state index is -0.902. The van der Waals surface area contributed by atoms with E-state index in [9.17, 15) is 9.90 Å². The van der Waals surface area contributed by atoms with Gasteiger partial charge in [0.15, 0.2) is 0 Å². The average Bonchev–Trinajstić information content (AvgIpc) is 3.24. The quantitative estimate of drug-likeness (QED) is 0.317. The van der Waals surface area contributed by atoms with Crippen molar-refractivity contribution in [3.63, 3.8) is 0 Å². The van der Waals surface area contributed by atoms with Crippen molar-refractivity contribution in [2.75, 3.05) is 63.5 Å². The van der Waals surface area contributed by atoms with E-state index in [1.807, 2.05) is 17.9 Å². The lowest BCUT2D eigenvalue weighted by atomic mass is 9.91. The van der Waals surface area contributed by atoms with Gasteiger partial charge in [-0.25, -0.2) is 9.37 Å². The molecule has 1 N–H and O–H groups in total. The summed E-state index contributed by atoms with van der Waals surface area (Å²) in [6.45, 7) is 7.78. The van der Waals surface area contributed by atoms with Crippen LogP contribution in [0.4, 0.5) is 15.8 Å². The molecule has 11 heteroatoms. The van der Waals surface area contributed by atoms with E-state index in [1.54, 1.807) is 32.5 Å². The Labute approximate surface area is 246 Å². The standard InChI is InChI=1S/C30H41ClFN3O6/c1-19-16-34(27-13-29(39-4)33-15-23(27)31)9-8-28(19)41-22-6-7-25(24(32)12-22)35-17-21(18-40-11-5-10-38-3)20(2)26(35)14-30(36)37/h6-7,12-13,15,19-21,26,28H,5,8-11,14,16-18H2,1-4H3,(H,36,37)/t19?,20-,21?,26+,28?/m1/s1. The van der Waals surface area contributed by atoms with Gasteiger partial charge >= 0.3 is 5.97 Å². The molecular formula is C30H41ClFN3O6. The maximum atomic E-state index is 15.6. The van der Waals surface area contributed by atoms with Gasteiger partial charge in [-0.1, -0.05) is 25.4 Å². The number of aliphatic carboxylic acids is 1. The van der Waals surface area contributed by atoms with Gasteiger partial charge in [-0.3, -0.25) is 4.79 Å². The Morgan fingerprint density at radius 3 is 2.66 bits per heavy atom. The van der Waals surface area contributed by atoms with Gasteiger partial charge < -0.3 is 33.9 Å². The summed E-state index contributed by atoms with van der Waals surface area (Å²) in [5.41, 5.74) is 1.26. The molecule has 3 heterocycles. The van der Waals surface area contributed by atoms with Gasteiger partial charge in [0.1, 0.15) is 17.7 Å². The summed E-state index contributed by atoms with van der Waals surface area (Å²) < 4.78 is 38.0. The third-order valence-corrected chi connectivity index (χ3v) is 8.53. The lowest BCUT2D eigenvalue weighted by Gasteiger charge is -2.38. The van der Waals surface area contributed by atoms with Crippen molar-refractivity contribution in [1.29, 1.82) is 0 Å². The fraction of sp³-hybridized carbons (Fsp3) is 0.600. The van der Waals surface area contributed by atoms with E-state index in [0.29, 0.717) is 48.7 Å². The van der Waals surface area contributed by atoms with Crippen LogP contribution < -0.4 is 19.3 Å². The van der Waals surface area contributed by atoms with Crippen molar-refractivity contribution in [3.05, 3.63) is 41.3 Å². The first kappa shape index (κ1) is 31.1. The summed E-state index contributed by atoms with van der Waals surface area (Å²) in [4.78, 5) is 19.9. The lowest BCUT2D eigenvalue weighted by Crippen LogP contribution is -2.44. The number of ether oxygens (including phenoxy) is 4. The topological polar surface area (TPSA) is 93.6 Å². The largest absolute Gasteiger partial charge is 0.490 e. The average molecular weight is 594 g/mol. The first-order valence-electron chi connectivity index (χ1n) is 14.2. The fourth-order valence-electron chi connectivity index (χ4n) is 5.90. The molecule has 2 fully saturated rings. The molecule has 0 bridgehead atoms. The number of benzene rings is 1. The molecular weight excluding hydrogens is 553 g/mol. The highest BCUT2D eigenvalue weighted by atomic mass is 35.5. The number of halogens is 2. The van der Waals surface area contributed by atoms with Crippen LogP contribution in [0.3, 0.4) is 0 Å². The molecule has 2 aliphatic rings. The molecule has 4 rings (SSSR count). The molecule has 0 spiro atoms. The third-order valence-electron chi connectivity index (χ3n) is 8.24. The van der Waals surface area contributed by atoms with E-state index < -0.39 is 11.8 Å². The van der Waals surface area contributed by atoms with E-state index in [1.165, 1.54) is 6.07 Å². The van der Waals surface area contributed by atoms with Crippen molar-refractivity contribution >= 4 is 28.9 Å². The van der Waals surface area contributed by atoms with Gasteiger partial charge in [-0.15, -0.1) is 0 Å². The number of methoxy groups -OCH3 is 2. The smallest absolute Gasteiger partial charge is 0.305 e. The Bertz CT molecular complexity index is 1170. The van der Waals surface area contributed by atoms with Crippen LogP contribution in [-0.4, -0.2) is 81.9 Å². The summed E-state index contributed by atoms with van der Waals surface area (Å²) >= 11 is 6.40. The van der Waals surface area contributed by atoms with E-state index in [4.69, 9.17) is 30.5 Å². The summed E-state index contributed by atoms with van der Waals surface area (Å²) in [5, 5.41) is 10.1. The molecule has 2 saturated heterocycles. The highest BCUT2D eigenvalue weighted by Gasteiger charge is 2.41. The fourth-order valence-corrected chi connectivity index (χ4v) is 6.12. The summed E-state index contributed by atoms with van der Waals surface area (Å²) in [7, 11) is 3.22. The van der Waals surface area contributed by atoms with Crippen LogP contribution in [0.25, 0.3) is 0 Å². The van der Waals surface area contributed by atoms with Gasteiger partial charge in [0.25, 0.3) is 0 Å². The van der Waals surface area contributed by atoms with Crippen LogP contribution in [0.15, 0.2) is 30.5 Å². The zero-order valence-electron chi connectivity index (χ0n) is 24.2. The van der Waals surface area contributed by atoms with E-state index >= 15 is 4.39 Å². The molecule has 1 aromatic heterocycles. The molecule has 41 heavy (non-hydrogen) atoms. The Kier molecular flexibility index (Phi) is 10.9. The molecule has 2 aromatic rings. The van der Waals surface area contributed by atoms with Gasteiger partial charge in [-0.2, -0.15) is 0 Å². The Hall–Kier alpha value is -2.82. The predicted molar refractivity (Wildman–Crippen MR) is 156 cm³/mol. The summed E-state index contributed by atoms with van der Waals surface area (Å²) in [5.74, 6) is -0.0788. The van der Waals surface area contributed by atoms with Crippen molar-refractivity contribution in [3.8, 4) is 11.6 Å². The Morgan fingerprint density at radius 2 is 1.98 bits per heavy atom. The summed E-state index contributed by atoms with van der Waals surface area (Å²) in [6, 6.07) is 6.40. The predicted octanol–water partition coefficient (Wildman–Crippen LogP) is 5.15. The zero-order chi connectivity index (χ0) is 29.5. The minimum Gasteiger partial charge on any atom is -0.490 e. The van der Waals surface area contributed by atoms with Crippen molar-refractivity contribution < 1.29 is 33.2 Å². The first-order chi connectivity index (χ1) is 19.7. The van der Waals surface area contributed by atoms with E-state index in [0.717, 1.165) is 31.6 Å².